The SMILES string of the molecule is COc1ccc(COCCC(=O)Nc2cccc(O)c2C(=O)O)cc1. The average Bonchev–Trinajstić information content (AvgIpc) is 2.59. The first-order chi connectivity index (χ1) is 12.0. The van der Waals surface area contributed by atoms with Crippen LogP contribution in [0.4, 0.5) is 5.69 Å². The van der Waals surface area contributed by atoms with Crippen molar-refractivity contribution in [3.8, 4) is 11.5 Å². The summed E-state index contributed by atoms with van der Waals surface area (Å²) in [7, 11) is 1.59. The summed E-state index contributed by atoms with van der Waals surface area (Å²) in [5, 5.41) is 21.1. The Kier molecular flexibility index (Phi) is 6.36. The molecule has 0 fully saturated rings. The minimum atomic E-state index is -1.32. The molecule has 0 radical (unpaired) electrons. The second-order valence-electron chi connectivity index (χ2n) is 5.20. The van der Waals surface area contributed by atoms with E-state index in [1.807, 2.05) is 24.3 Å². The maximum absolute atomic E-state index is 11.9. The number of aromatic hydroxyl groups is 1. The molecular formula is C18H19NO6. The number of carboxylic acid groups (broad SMARTS) is 1. The second kappa shape index (κ2) is 8.70. The molecule has 0 saturated carbocycles. The number of methoxy groups -OCH3 is 1. The zero-order valence-corrected chi connectivity index (χ0v) is 13.7. The molecule has 7 heteroatoms. The monoisotopic (exact) mass is 345 g/mol. The van der Waals surface area contributed by atoms with Crippen LogP contribution < -0.4 is 10.1 Å². The fraction of sp³-hybridized carbons (Fsp3) is 0.222. The molecule has 0 aliphatic heterocycles. The summed E-state index contributed by atoms with van der Waals surface area (Å²) in [6.07, 6.45) is 0.0604. The molecule has 2 rings (SSSR count). The molecule has 0 aromatic heterocycles. The Morgan fingerprint density at radius 3 is 2.48 bits per heavy atom. The van der Waals surface area contributed by atoms with Gasteiger partial charge in [-0.3, -0.25) is 4.79 Å². The van der Waals surface area contributed by atoms with Crippen molar-refractivity contribution in [2.24, 2.45) is 0 Å². The van der Waals surface area contributed by atoms with E-state index in [1.165, 1.54) is 18.2 Å². The summed E-state index contributed by atoms with van der Waals surface area (Å²) >= 11 is 0. The number of aromatic carboxylic acids is 1. The van der Waals surface area contributed by atoms with Gasteiger partial charge in [0.1, 0.15) is 17.1 Å². The van der Waals surface area contributed by atoms with Crippen LogP contribution in [-0.2, 0) is 16.1 Å². The summed E-state index contributed by atoms with van der Waals surface area (Å²) in [6.45, 7) is 0.531. The number of nitrogens with one attached hydrogen (secondary N) is 1. The fourth-order valence-electron chi connectivity index (χ4n) is 2.16. The molecule has 1 amide bonds. The van der Waals surface area contributed by atoms with Gasteiger partial charge in [0.2, 0.25) is 5.91 Å². The highest BCUT2D eigenvalue weighted by Crippen LogP contribution is 2.25. The van der Waals surface area contributed by atoms with Crippen LogP contribution in [0.2, 0.25) is 0 Å². The lowest BCUT2D eigenvalue weighted by molar-refractivity contribution is -0.117. The van der Waals surface area contributed by atoms with Crippen LogP contribution in [0.15, 0.2) is 42.5 Å². The minimum absolute atomic E-state index is 0.0488. The van der Waals surface area contributed by atoms with E-state index >= 15 is 0 Å². The smallest absolute Gasteiger partial charge is 0.341 e. The van der Waals surface area contributed by atoms with Gasteiger partial charge in [0, 0.05) is 0 Å². The molecule has 0 saturated heterocycles. The number of carbonyl (C=O) groups is 2. The first-order valence-electron chi connectivity index (χ1n) is 7.57. The Labute approximate surface area is 144 Å². The van der Waals surface area contributed by atoms with Gasteiger partial charge in [0.05, 0.1) is 32.4 Å². The lowest BCUT2D eigenvalue weighted by Crippen LogP contribution is -2.16. The van der Waals surface area contributed by atoms with Crippen molar-refractivity contribution in [1.82, 2.24) is 0 Å². The number of carbonyl (C=O) groups excluding carboxylic acids is 1. The van der Waals surface area contributed by atoms with E-state index in [0.29, 0.717) is 6.61 Å². The van der Waals surface area contributed by atoms with Crippen molar-refractivity contribution in [2.45, 2.75) is 13.0 Å². The van der Waals surface area contributed by atoms with E-state index in [4.69, 9.17) is 14.6 Å². The Morgan fingerprint density at radius 2 is 1.84 bits per heavy atom. The lowest BCUT2D eigenvalue weighted by atomic mass is 10.1. The summed E-state index contributed by atoms with van der Waals surface area (Å²) in [5.41, 5.74) is 0.657. The third-order valence-electron chi connectivity index (χ3n) is 3.43. The molecule has 0 aliphatic carbocycles. The molecule has 0 bridgehead atoms. The predicted octanol–water partition coefficient (Wildman–Crippen LogP) is 2.64. The van der Waals surface area contributed by atoms with Crippen LogP contribution in [0.25, 0.3) is 0 Å². The van der Waals surface area contributed by atoms with Gasteiger partial charge < -0.3 is 25.0 Å². The van der Waals surface area contributed by atoms with Crippen LogP contribution in [0.1, 0.15) is 22.3 Å². The first kappa shape index (κ1) is 18.3. The zero-order valence-electron chi connectivity index (χ0n) is 13.7. The Hall–Kier alpha value is -3.06. The van der Waals surface area contributed by atoms with Gasteiger partial charge in [-0.05, 0) is 29.8 Å². The number of rotatable bonds is 8. The fourth-order valence-corrected chi connectivity index (χ4v) is 2.16. The number of carboxylic acids is 1. The lowest BCUT2D eigenvalue weighted by Gasteiger charge is -2.10. The molecule has 2 aromatic carbocycles. The summed E-state index contributed by atoms with van der Waals surface area (Å²) in [4.78, 5) is 23.1. The van der Waals surface area contributed by atoms with E-state index in [0.717, 1.165) is 11.3 Å². The molecule has 7 nitrogen and oxygen atoms in total. The molecule has 0 aliphatic rings. The highest BCUT2D eigenvalue weighted by atomic mass is 16.5. The Balaban J connectivity index is 1.81. The van der Waals surface area contributed by atoms with Gasteiger partial charge in [-0.25, -0.2) is 4.79 Å². The molecule has 0 spiro atoms. The number of benzene rings is 2. The molecular weight excluding hydrogens is 326 g/mol. The molecule has 2 aromatic rings. The number of amides is 1. The van der Waals surface area contributed by atoms with E-state index < -0.39 is 17.6 Å². The first-order valence-corrected chi connectivity index (χ1v) is 7.57. The number of ether oxygens (including phenoxy) is 2. The molecule has 0 unspecified atom stereocenters. The maximum Gasteiger partial charge on any atom is 0.341 e. The third kappa shape index (κ3) is 5.22. The molecule has 132 valence electrons. The van der Waals surface area contributed by atoms with Crippen molar-refractivity contribution in [3.05, 3.63) is 53.6 Å². The van der Waals surface area contributed by atoms with Gasteiger partial charge in [0.15, 0.2) is 0 Å². The van der Waals surface area contributed by atoms with E-state index in [9.17, 15) is 14.7 Å². The number of anilines is 1. The maximum atomic E-state index is 11.9. The largest absolute Gasteiger partial charge is 0.507 e. The van der Waals surface area contributed by atoms with Gasteiger partial charge in [-0.1, -0.05) is 18.2 Å². The predicted molar refractivity (Wildman–Crippen MR) is 91.0 cm³/mol. The van der Waals surface area contributed by atoms with E-state index in [2.05, 4.69) is 5.32 Å². The van der Waals surface area contributed by atoms with Crippen molar-refractivity contribution in [1.29, 1.82) is 0 Å². The van der Waals surface area contributed by atoms with Gasteiger partial charge in [-0.2, -0.15) is 0 Å². The summed E-state index contributed by atoms with van der Waals surface area (Å²) < 4.78 is 10.5. The van der Waals surface area contributed by atoms with Crippen LogP contribution >= 0.6 is 0 Å². The average molecular weight is 345 g/mol. The highest BCUT2D eigenvalue weighted by Gasteiger charge is 2.16. The number of hydrogen-bond donors (Lipinski definition) is 3. The van der Waals surface area contributed by atoms with Crippen LogP contribution in [0.3, 0.4) is 0 Å². The minimum Gasteiger partial charge on any atom is -0.507 e. The standard InChI is InChI=1S/C18H19NO6/c1-24-13-7-5-12(6-8-13)11-25-10-9-16(21)19-14-3-2-4-15(20)17(14)18(22)23/h2-8,20H,9-11H2,1H3,(H,19,21)(H,22,23). The van der Waals surface area contributed by atoms with Crippen molar-refractivity contribution in [2.75, 3.05) is 19.0 Å². The number of hydrogen-bond acceptors (Lipinski definition) is 5. The van der Waals surface area contributed by atoms with Crippen molar-refractivity contribution in [3.63, 3.8) is 0 Å². The Bertz CT molecular complexity index is 742. The molecule has 3 N–H and O–H groups in total. The van der Waals surface area contributed by atoms with E-state index in [1.54, 1.807) is 7.11 Å². The van der Waals surface area contributed by atoms with Crippen LogP contribution in [0, 0.1) is 0 Å². The topological polar surface area (TPSA) is 105 Å². The zero-order chi connectivity index (χ0) is 18.2. The van der Waals surface area contributed by atoms with Crippen molar-refractivity contribution < 1.29 is 29.3 Å². The Morgan fingerprint density at radius 1 is 1.12 bits per heavy atom. The number of phenols is 1. The van der Waals surface area contributed by atoms with Crippen LogP contribution in [0.5, 0.6) is 11.5 Å². The van der Waals surface area contributed by atoms with Gasteiger partial charge in [0.25, 0.3) is 0 Å². The second-order valence-corrected chi connectivity index (χ2v) is 5.20. The molecule has 0 atom stereocenters. The van der Waals surface area contributed by atoms with Gasteiger partial charge in [-0.15, -0.1) is 0 Å². The summed E-state index contributed by atoms with van der Waals surface area (Å²) in [5.74, 6) is -1.36. The quantitative estimate of drug-likeness (QED) is 0.635. The molecule has 0 heterocycles. The normalized spacial score (nSPS) is 10.3. The van der Waals surface area contributed by atoms with Crippen molar-refractivity contribution >= 4 is 17.6 Å². The summed E-state index contributed by atoms with van der Waals surface area (Å²) in [6, 6.07) is 11.5. The molecule has 25 heavy (non-hydrogen) atoms. The van der Waals surface area contributed by atoms with E-state index in [-0.39, 0.29) is 24.3 Å². The third-order valence-corrected chi connectivity index (χ3v) is 3.43. The highest BCUT2D eigenvalue weighted by molar-refractivity contribution is 6.02. The van der Waals surface area contributed by atoms with Crippen LogP contribution in [-0.4, -0.2) is 35.8 Å². The van der Waals surface area contributed by atoms with Gasteiger partial charge >= 0.3 is 5.97 Å².